The van der Waals surface area contributed by atoms with Crippen LogP contribution in [-0.2, 0) is 6.54 Å². The zero-order valence-electron chi connectivity index (χ0n) is 17.9. The van der Waals surface area contributed by atoms with Crippen molar-refractivity contribution in [1.82, 2.24) is 5.32 Å². The zero-order chi connectivity index (χ0) is 21.1. The number of nitrogens with zero attached hydrogens (tertiary/aromatic N) is 1. The quantitative estimate of drug-likeness (QED) is 0.525. The third-order valence-electron chi connectivity index (χ3n) is 5.77. The topological polar surface area (TPSA) is 41.5 Å². The smallest absolute Gasteiger partial charge is 0.251 e. The van der Waals surface area contributed by atoms with E-state index in [1.54, 1.807) is 0 Å². The first-order valence-electron chi connectivity index (χ1n) is 10.7. The second kappa shape index (κ2) is 8.66. The van der Waals surface area contributed by atoms with Crippen molar-refractivity contribution in [3.8, 4) is 11.1 Å². The van der Waals surface area contributed by atoms with Crippen molar-refractivity contribution in [2.24, 2.45) is 4.99 Å². The molecule has 3 heteroatoms. The first kappa shape index (κ1) is 20.1. The van der Waals surface area contributed by atoms with Crippen LogP contribution in [0.4, 0.5) is 0 Å². The molecule has 152 valence electrons. The van der Waals surface area contributed by atoms with Gasteiger partial charge in [-0.3, -0.25) is 9.79 Å². The van der Waals surface area contributed by atoms with Gasteiger partial charge in [-0.1, -0.05) is 67.4 Å². The van der Waals surface area contributed by atoms with Crippen molar-refractivity contribution in [2.75, 3.05) is 0 Å². The number of aryl methyl sites for hydroxylation is 1. The molecule has 4 rings (SSSR count). The number of carbonyl (C=O) groups is 1. The fourth-order valence-corrected chi connectivity index (χ4v) is 4.10. The van der Waals surface area contributed by atoms with Gasteiger partial charge < -0.3 is 5.32 Å². The predicted molar refractivity (Wildman–Crippen MR) is 124 cm³/mol. The van der Waals surface area contributed by atoms with E-state index in [1.165, 1.54) is 16.7 Å². The van der Waals surface area contributed by atoms with Crippen LogP contribution in [0.15, 0.2) is 71.7 Å². The molecule has 1 atom stereocenters. The number of benzene rings is 3. The Morgan fingerprint density at radius 3 is 2.60 bits per heavy atom. The highest BCUT2D eigenvalue weighted by molar-refractivity contribution is 6.03. The lowest BCUT2D eigenvalue weighted by Crippen LogP contribution is -2.28. The van der Waals surface area contributed by atoms with Crippen LogP contribution < -0.4 is 5.32 Å². The number of carbonyl (C=O) groups excluding carboxylic acids is 1. The molecule has 0 aromatic heterocycles. The van der Waals surface area contributed by atoms with Gasteiger partial charge >= 0.3 is 0 Å². The SMILES string of the molecule is CCCC(NC(=O)c1cccc(-c2ccc3c(c2)C(C)=NC3)c1)c1cccc(C)c1. The lowest BCUT2D eigenvalue weighted by Gasteiger charge is -2.19. The molecule has 3 nitrogen and oxygen atoms in total. The molecule has 0 spiro atoms. The average molecular weight is 397 g/mol. The van der Waals surface area contributed by atoms with E-state index in [2.05, 4.69) is 79.6 Å². The number of nitrogens with one attached hydrogen (secondary N) is 1. The molecule has 0 saturated heterocycles. The van der Waals surface area contributed by atoms with E-state index in [9.17, 15) is 4.79 Å². The van der Waals surface area contributed by atoms with E-state index in [0.717, 1.165) is 41.8 Å². The second-order valence-corrected chi connectivity index (χ2v) is 8.08. The van der Waals surface area contributed by atoms with E-state index >= 15 is 0 Å². The maximum absolute atomic E-state index is 13.1. The molecule has 30 heavy (non-hydrogen) atoms. The third-order valence-corrected chi connectivity index (χ3v) is 5.77. The molecule has 3 aromatic rings. The van der Waals surface area contributed by atoms with Crippen molar-refractivity contribution < 1.29 is 4.79 Å². The number of aliphatic imine (C=N–C) groups is 1. The third kappa shape index (κ3) is 4.20. The van der Waals surface area contributed by atoms with Crippen LogP contribution in [-0.4, -0.2) is 11.6 Å². The number of rotatable bonds is 6. The average Bonchev–Trinajstić information content (AvgIpc) is 3.13. The van der Waals surface area contributed by atoms with Crippen LogP contribution in [0.5, 0.6) is 0 Å². The molecule has 1 unspecified atom stereocenters. The summed E-state index contributed by atoms with van der Waals surface area (Å²) in [5.74, 6) is -0.0318. The van der Waals surface area contributed by atoms with Gasteiger partial charge in [0, 0.05) is 16.8 Å². The maximum Gasteiger partial charge on any atom is 0.251 e. The second-order valence-electron chi connectivity index (χ2n) is 8.08. The van der Waals surface area contributed by atoms with E-state index in [0.29, 0.717) is 5.56 Å². The Balaban J connectivity index is 1.58. The minimum atomic E-state index is -0.0318. The van der Waals surface area contributed by atoms with Gasteiger partial charge in [-0.05, 0) is 60.7 Å². The van der Waals surface area contributed by atoms with Crippen LogP contribution in [0, 0.1) is 6.92 Å². The molecule has 3 aromatic carbocycles. The fourth-order valence-electron chi connectivity index (χ4n) is 4.10. The minimum absolute atomic E-state index is 0.0184. The van der Waals surface area contributed by atoms with Crippen molar-refractivity contribution in [1.29, 1.82) is 0 Å². The highest BCUT2D eigenvalue weighted by Gasteiger charge is 2.17. The Hall–Kier alpha value is -3.20. The largest absolute Gasteiger partial charge is 0.345 e. The highest BCUT2D eigenvalue weighted by atomic mass is 16.1. The predicted octanol–water partition coefficient (Wildman–Crippen LogP) is 6.26. The summed E-state index contributed by atoms with van der Waals surface area (Å²) in [7, 11) is 0. The summed E-state index contributed by atoms with van der Waals surface area (Å²) in [5, 5.41) is 3.25. The Labute approximate surface area is 178 Å². The van der Waals surface area contributed by atoms with Crippen LogP contribution >= 0.6 is 0 Å². The number of hydrogen-bond acceptors (Lipinski definition) is 2. The van der Waals surface area contributed by atoms with Gasteiger partial charge in [-0.25, -0.2) is 0 Å². The fraction of sp³-hybridized carbons (Fsp3) is 0.259. The Morgan fingerprint density at radius 2 is 1.80 bits per heavy atom. The van der Waals surface area contributed by atoms with E-state index in [1.807, 2.05) is 18.2 Å². The molecule has 0 saturated carbocycles. The summed E-state index contributed by atoms with van der Waals surface area (Å²) < 4.78 is 0. The first-order valence-corrected chi connectivity index (χ1v) is 10.7. The summed E-state index contributed by atoms with van der Waals surface area (Å²) in [5.41, 5.74) is 8.79. The minimum Gasteiger partial charge on any atom is -0.345 e. The molecule has 0 fully saturated rings. The van der Waals surface area contributed by atoms with Crippen LogP contribution in [0.1, 0.15) is 65.3 Å². The number of fused-ring (bicyclic) bond motifs is 1. The van der Waals surface area contributed by atoms with Crippen LogP contribution in [0.2, 0.25) is 0 Å². The normalized spacial score (nSPS) is 13.5. The van der Waals surface area contributed by atoms with Gasteiger partial charge in [0.05, 0.1) is 12.6 Å². The van der Waals surface area contributed by atoms with Crippen molar-refractivity contribution in [2.45, 2.75) is 46.2 Å². The molecule has 0 radical (unpaired) electrons. The van der Waals surface area contributed by atoms with E-state index < -0.39 is 0 Å². The summed E-state index contributed by atoms with van der Waals surface area (Å²) in [6.45, 7) is 7.05. The molecule has 0 bridgehead atoms. The van der Waals surface area contributed by atoms with Gasteiger partial charge in [-0.15, -0.1) is 0 Å². The highest BCUT2D eigenvalue weighted by Crippen LogP contribution is 2.27. The Kier molecular flexibility index (Phi) is 5.80. The van der Waals surface area contributed by atoms with Gasteiger partial charge in [-0.2, -0.15) is 0 Å². The van der Waals surface area contributed by atoms with Crippen LogP contribution in [0.25, 0.3) is 11.1 Å². The lowest BCUT2D eigenvalue weighted by atomic mass is 9.97. The number of amides is 1. The molecular weight excluding hydrogens is 368 g/mol. The molecule has 1 aliphatic heterocycles. The summed E-state index contributed by atoms with van der Waals surface area (Å²) in [4.78, 5) is 17.6. The summed E-state index contributed by atoms with van der Waals surface area (Å²) in [6, 6.07) is 22.8. The van der Waals surface area contributed by atoms with Gasteiger partial charge in [0.25, 0.3) is 5.91 Å². The van der Waals surface area contributed by atoms with E-state index in [-0.39, 0.29) is 11.9 Å². The van der Waals surface area contributed by atoms with Gasteiger partial charge in [0.1, 0.15) is 0 Å². The number of hydrogen-bond donors (Lipinski definition) is 1. The first-order chi connectivity index (χ1) is 14.5. The Bertz CT molecular complexity index is 1110. The molecule has 1 N–H and O–H groups in total. The van der Waals surface area contributed by atoms with E-state index in [4.69, 9.17) is 0 Å². The maximum atomic E-state index is 13.1. The van der Waals surface area contributed by atoms with Gasteiger partial charge in [0.2, 0.25) is 0 Å². The molecular formula is C27H28N2O. The molecule has 0 aliphatic carbocycles. The Morgan fingerprint density at radius 1 is 1.00 bits per heavy atom. The van der Waals surface area contributed by atoms with Crippen molar-refractivity contribution in [3.63, 3.8) is 0 Å². The van der Waals surface area contributed by atoms with Crippen molar-refractivity contribution >= 4 is 11.6 Å². The summed E-state index contributed by atoms with van der Waals surface area (Å²) >= 11 is 0. The molecule has 1 heterocycles. The standard InChI is InChI=1S/C27H28N2O/c1-4-7-26(22-10-5-8-18(2)14-22)29-27(30)23-11-6-9-20(15-23)21-12-13-24-17-28-19(3)25(24)16-21/h5-6,8-16,26H,4,7,17H2,1-3H3,(H,29,30). The monoisotopic (exact) mass is 396 g/mol. The van der Waals surface area contributed by atoms with Crippen LogP contribution in [0.3, 0.4) is 0 Å². The van der Waals surface area contributed by atoms with Crippen molar-refractivity contribution in [3.05, 3.63) is 94.5 Å². The summed E-state index contributed by atoms with van der Waals surface area (Å²) in [6.07, 6.45) is 1.92. The molecule has 1 amide bonds. The molecule has 1 aliphatic rings. The van der Waals surface area contributed by atoms with Gasteiger partial charge in [0.15, 0.2) is 0 Å². The lowest BCUT2D eigenvalue weighted by molar-refractivity contribution is 0.0934. The zero-order valence-corrected chi connectivity index (χ0v) is 17.9.